The molecule has 0 aliphatic carbocycles. The summed E-state index contributed by atoms with van der Waals surface area (Å²) in [6.07, 6.45) is 2.53. The quantitative estimate of drug-likeness (QED) is 0.338. The third-order valence-electron chi connectivity index (χ3n) is 2.40. The van der Waals surface area contributed by atoms with Gasteiger partial charge in [-0.15, -0.1) is 0 Å². The number of aromatic hydroxyl groups is 2. The van der Waals surface area contributed by atoms with Crippen LogP contribution in [0, 0.1) is 0 Å². The van der Waals surface area contributed by atoms with Gasteiger partial charge >= 0.3 is 11.9 Å². The maximum atomic E-state index is 11.3. The van der Waals surface area contributed by atoms with E-state index in [0.717, 1.165) is 6.08 Å². The number of hydrogen-bond acceptors (Lipinski definition) is 6. The smallest absolute Gasteiger partial charge is 0.330 e. The molecule has 0 aromatic heterocycles. The van der Waals surface area contributed by atoms with E-state index < -0.39 is 18.0 Å². The SMILES string of the molecule is N[C@@H](CCOC(=O)/C=C/c1ccc(O)c(O)c1)C(=O)O. The zero-order chi connectivity index (χ0) is 15.1. The summed E-state index contributed by atoms with van der Waals surface area (Å²) in [5, 5.41) is 26.9. The van der Waals surface area contributed by atoms with Crippen molar-refractivity contribution < 1.29 is 29.6 Å². The van der Waals surface area contributed by atoms with Crippen LogP contribution in [0.4, 0.5) is 0 Å². The molecule has 0 saturated carbocycles. The van der Waals surface area contributed by atoms with Gasteiger partial charge in [0, 0.05) is 12.5 Å². The van der Waals surface area contributed by atoms with E-state index in [2.05, 4.69) is 0 Å². The zero-order valence-corrected chi connectivity index (χ0v) is 10.5. The molecule has 0 amide bonds. The molecule has 20 heavy (non-hydrogen) atoms. The molecule has 0 spiro atoms. The highest BCUT2D eigenvalue weighted by molar-refractivity contribution is 5.87. The summed E-state index contributed by atoms with van der Waals surface area (Å²) >= 11 is 0. The van der Waals surface area contributed by atoms with Crippen molar-refractivity contribution in [2.45, 2.75) is 12.5 Å². The number of ether oxygens (including phenoxy) is 1. The molecule has 7 heteroatoms. The number of phenolic OH excluding ortho intramolecular Hbond substituents is 2. The molecule has 108 valence electrons. The highest BCUT2D eigenvalue weighted by atomic mass is 16.5. The summed E-state index contributed by atoms with van der Waals surface area (Å²) in [4.78, 5) is 21.7. The summed E-state index contributed by atoms with van der Waals surface area (Å²) in [5.41, 5.74) is 5.74. The molecular formula is C13H15NO6. The lowest BCUT2D eigenvalue weighted by Gasteiger charge is -2.05. The van der Waals surface area contributed by atoms with E-state index in [9.17, 15) is 14.7 Å². The molecule has 0 radical (unpaired) electrons. The fourth-order valence-corrected chi connectivity index (χ4v) is 1.27. The molecule has 5 N–H and O–H groups in total. The fourth-order valence-electron chi connectivity index (χ4n) is 1.27. The van der Waals surface area contributed by atoms with Gasteiger partial charge in [0.25, 0.3) is 0 Å². The third-order valence-corrected chi connectivity index (χ3v) is 2.40. The molecule has 0 bridgehead atoms. The van der Waals surface area contributed by atoms with E-state index >= 15 is 0 Å². The molecule has 1 atom stereocenters. The number of carbonyl (C=O) groups is 2. The van der Waals surface area contributed by atoms with Crippen molar-refractivity contribution in [3.63, 3.8) is 0 Å². The summed E-state index contributed by atoms with van der Waals surface area (Å²) in [5.74, 6) is -2.37. The van der Waals surface area contributed by atoms with Crippen LogP contribution in [0.3, 0.4) is 0 Å². The molecule has 0 fully saturated rings. The summed E-state index contributed by atoms with van der Waals surface area (Å²) in [6.45, 7) is -0.0997. The summed E-state index contributed by atoms with van der Waals surface area (Å²) < 4.78 is 4.76. The first-order valence-corrected chi connectivity index (χ1v) is 5.75. The Labute approximate surface area is 114 Å². The zero-order valence-electron chi connectivity index (χ0n) is 10.5. The predicted octanol–water partition coefficient (Wildman–Crippen LogP) is 0.456. The first-order chi connectivity index (χ1) is 9.40. The lowest BCUT2D eigenvalue weighted by Crippen LogP contribution is -2.31. The van der Waals surface area contributed by atoms with E-state index in [1.54, 1.807) is 0 Å². The minimum Gasteiger partial charge on any atom is -0.504 e. The minimum absolute atomic E-state index is 0.0227. The van der Waals surface area contributed by atoms with Crippen LogP contribution in [0.15, 0.2) is 24.3 Å². The van der Waals surface area contributed by atoms with E-state index in [4.69, 9.17) is 20.7 Å². The van der Waals surface area contributed by atoms with Crippen molar-refractivity contribution in [1.82, 2.24) is 0 Å². The van der Waals surface area contributed by atoms with Crippen LogP contribution in [-0.4, -0.2) is 39.9 Å². The number of carbonyl (C=O) groups excluding carboxylic acids is 1. The first kappa shape index (κ1) is 15.5. The standard InChI is InChI=1S/C13H15NO6/c14-9(13(18)19)5-6-20-12(17)4-2-8-1-3-10(15)11(16)7-8/h1-4,7,9,15-16H,5-6,14H2,(H,18,19)/b4-2+/t9-/m0/s1. The van der Waals surface area contributed by atoms with Gasteiger partial charge in [-0.2, -0.15) is 0 Å². The fraction of sp³-hybridized carbons (Fsp3) is 0.231. The second-order valence-electron chi connectivity index (χ2n) is 3.98. The van der Waals surface area contributed by atoms with Gasteiger partial charge in [-0.1, -0.05) is 6.07 Å². The number of benzene rings is 1. The highest BCUT2D eigenvalue weighted by Gasteiger charge is 2.11. The number of carboxylic acid groups (broad SMARTS) is 1. The van der Waals surface area contributed by atoms with Crippen molar-refractivity contribution in [2.75, 3.05) is 6.61 Å². The van der Waals surface area contributed by atoms with Crippen LogP contribution in [0.5, 0.6) is 11.5 Å². The Morgan fingerprint density at radius 1 is 1.30 bits per heavy atom. The Kier molecular flexibility index (Phi) is 5.55. The number of aliphatic carboxylic acids is 1. The van der Waals surface area contributed by atoms with E-state index in [0.29, 0.717) is 5.56 Å². The lowest BCUT2D eigenvalue weighted by atomic mass is 10.2. The second-order valence-corrected chi connectivity index (χ2v) is 3.98. The first-order valence-electron chi connectivity index (χ1n) is 5.75. The van der Waals surface area contributed by atoms with E-state index in [1.807, 2.05) is 0 Å². The number of esters is 1. The molecule has 0 saturated heterocycles. The number of hydrogen-bond donors (Lipinski definition) is 4. The Balaban J connectivity index is 2.43. The van der Waals surface area contributed by atoms with Gasteiger partial charge in [-0.3, -0.25) is 4.79 Å². The Hall–Kier alpha value is -2.54. The van der Waals surface area contributed by atoms with Gasteiger partial charge in [-0.25, -0.2) is 4.79 Å². The van der Waals surface area contributed by atoms with Crippen molar-refractivity contribution in [3.05, 3.63) is 29.8 Å². The average Bonchev–Trinajstić information content (AvgIpc) is 2.40. The third kappa shape index (κ3) is 4.99. The molecular weight excluding hydrogens is 266 g/mol. The largest absolute Gasteiger partial charge is 0.504 e. The number of phenols is 2. The average molecular weight is 281 g/mol. The predicted molar refractivity (Wildman–Crippen MR) is 70.0 cm³/mol. The van der Waals surface area contributed by atoms with Gasteiger partial charge in [0.1, 0.15) is 6.04 Å². The van der Waals surface area contributed by atoms with Gasteiger partial charge < -0.3 is 25.8 Å². The van der Waals surface area contributed by atoms with E-state index in [1.165, 1.54) is 24.3 Å². The molecule has 0 heterocycles. The van der Waals surface area contributed by atoms with Gasteiger partial charge in [0.05, 0.1) is 6.61 Å². The topological polar surface area (TPSA) is 130 Å². The van der Waals surface area contributed by atoms with Crippen LogP contribution in [-0.2, 0) is 14.3 Å². The number of rotatable bonds is 6. The highest BCUT2D eigenvalue weighted by Crippen LogP contribution is 2.25. The molecule has 7 nitrogen and oxygen atoms in total. The van der Waals surface area contributed by atoms with Gasteiger partial charge in [0.2, 0.25) is 0 Å². The molecule has 0 unspecified atom stereocenters. The van der Waals surface area contributed by atoms with Crippen molar-refractivity contribution in [2.24, 2.45) is 5.73 Å². The van der Waals surface area contributed by atoms with Crippen molar-refractivity contribution >= 4 is 18.0 Å². The molecule has 1 aromatic rings. The Morgan fingerprint density at radius 2 is 2.00 bits per heavy atom. The van der Waals surface area contributed by atoms with Crippen LogP contribution in [0.1, 0.15) is 12.0 Å². The normalized spacial score (nSPS) is 12.2. The van der Waals surface area contributed by atoms with Gasteiger partial charge in [-0.05, 0) is 23.8 Å². The van der Waals surface area contributed by atoms with Crippen molar-refractivity contribution in [3.8, 4) is 11.5 Å². The van der Waals surface area contributed by atoms with Crippen LogP contribution in [0.25, 0.3) is 6.08 Å². The van der Waals surface area contributed by atoms with Crippen molar-refractivity contribution in [1.29, 1.82) is 0 Å². The minimum atomic E-state index is -1.16. The van der Waals surface area contributed by atoms with Crippen LogP contribution < -0.4 is 5.73 Å². The monoisotopic (exact) mass is 281 g/mol. The maximum Gasteiger partial charge on any atom is 0.330 e. The van der Waals surface area contributed by atoms with Gasteiger partial charge in [0.15, 0.2) is 11.5 Å². The summed E-state index contributed by atoms with van der Waals surface area (Å²) in [6, 6.07) is 2.99. The maximum absolute atomic E-state index is 11.3. The molecule has 0 aliphatic heterocycles. The number of nitrogens with two attached hydrogens (primary N) is 1. The van der Waals surface area contributed by atoms with Crippen LogP contribution in [0.2, 0.25) is 0 Å². The molecule has 1 rings (SSSR count). The van der Waals surface area contributed by atoms with E-state index in [-0.39, 0.29) is 24.5 Å². The Bertz CT molecular complexity index is 526. The Morgan fingerprint density at radius 3 is 2.60 bits per heavy atom. The number of carboxylic acids is 1. The lowest BCUT2D eigenvalue weighted by molar-refractivity contribution is -0.142. The second kappa shape index (κ2) is 7.15. The summed E-state index contributed by atoms with van der Waals surface area (Å²) in [7, 11) is 0. The molecule has 0 aliphatic rings. The molecule has 1 aromatic carbocycles. The van der Waals surface area contributed by atoms with Crippen LogP contribution >= 0.6 is 0 Å².